The zero-order chi connectivity index (χ0) is 13.0. The molecule has 1 aromatic heterocycles. The molecule has 2 rings (SSSR count). The van der Waals surface area contributed by atoms with Crippen molar-refractivity contribution >= 4 is 11.8 Å². The summed E-state index contributed by atoms with van der Waals surface area (Å²) in [5.74, 6) is 1.44. The largest absolute Gasteiger partial charge is 0.392 e. The van der Waals surface area contributed by atoms with E-state index < -0.39 is 0 Å². The smallest absolute Gasteiger partial charge is 0.188 e. The molecule has 1 aliphatic carbocycles. The van der Waals surface area contributed by atoms with Crippen molar-refractivity contribution in [2.45, 2.75) is 57.2 Å². The van der Waals surface area contributed by atoms with Crippen LogP contribution >= 0.6 is 11.8 Å². The number of aromatic nitrogens is 2. The lowest BCUT2D eigenvalue weighted by atomic mass is 10.0. The number of aliphatic hydroxyl groups excluding tert-OH is 1. The summed E-state index contributed by atoms with van der Waals surface area (Å²) in [6, 6.07) is 1.97. The van der Waals surface area contributed by atoms with Gasteiger partial charge in [-0.3, -0.25) is 0 Å². The highest BCUT2D eigenvalue weighted by atomic mass is 32.2. The monoisotopic (exact) mass is 266 g/mol. The van der Waals surface area contributed by atoms with Crippen LogP contribution in [0.1, 0.15) is 43.5 Å². The van der Waals surface area contributed by atoms with E-state index in [0.717, 1.165) is 28.9 Å². The van der Waals surface area contributed by atoms with Crippen LogP contribution in [0, 0.1) is 19.8 Å². The molecule has 1 unspecified atom stereocenters. The van der Waals surface area contributed by atoms with Crippen molar-refractivity contribution < 1.29 is 5.11 Å². The van der Waals surface area contributed by atoms with Crippen LogP contribution < -0.4 is 0 Å². The van der Waals surface area contributed by atoms with Crippen LogP contribution in [0.5, 0.6) is 0 Å². The average molecular weight is 266 g/mol. The summed E-state index contributed by atoms with van der Waals surface area (Å²) < 4.78 is 0. The topological polar surface area (TPSA) is 46.0 Å². The summed E-state index contributed by atoms with van der Waals surface area (Å²) in [5, 5.41) is 10.8. The molecule has 0 aliphatic heterocycles. The van der Waals surface area contributed by atoms with Gasteiger partial charge in [0.2, 0.25) is 0 Å². The van der Waals surface area contributed by atoms with Crippen molar-refractivity contribution in [1.82, 2.24) is 9.97 Å². The van der Waals surface area contributed by atoms with Crippen LogP contribution in [-0.4, -0.2) is 26.9 Å². The molecule has 0 spiro atoms. The van der Waals surface area contributed by atoms with E-state index in [-0.39, 0.29) is 6.10 Å². The van der Waals surface area contributed by atoms with Gasteiger partial charge >= 0.3 is 0 Å². The number of aryl methyl sites for hydroxylation is 2. The second-order valence-electron chi connectivity index (χ2n) is 5.28. The minimum atomic E-state index is -0.220. The fourth-order valence-corrected chi connectivity index (χ4v) is 3.52. The first-order chi connectivity index (χ1) is 8.63. The van der Waals surface area contributed by atoms with E-state index in [0.29, 0.717) is 5.75 Å². The molecule has 100 valence electrons. The van der Waals surface area contributed by atoms with Gasteiger partial charge in [-0.2, -0.15) is 0 Å². The maximum atomic E-state index is 10.0. The molecule has 0 bridgehead atoms. The van der Waals surface area contributed by atoms with Crippen LogP contribution in [-0.2, 0) is 0 Å². The molecule has 1 saturated carbocycles. The summed E-state index contributed by atoms with van der Waals surface area (Å²) in [6.07, 6.45) is 5.99. The molecule has 4 heteroatoms. The Balaban J connectivity index is 1.79. The molecule has 0 aromatic carbocycles. The van der Waals surface area contributed by atoms with Crippen molar-refractivity contribution in [3.63, 3.8) is 0 Å². The summed E-state index contributed by atoms with van der Waals surface area (Å²) in [6.45, 7) is 3.96. The van der Waals surface area contributed by atoms with E-state index in [1.165, 1.54) is 25.7 Å². The maximum absolute atomic E-state index is 10.0. The molecule has 1 aliphatic rings. The van der Waals surface area contributed by atoms with E-state index in [4.69, 9.17) is 0 Å². The Morgan fingerprint density at radius 2 is 1.89 bits per heavy atom. The van der Waals surface area contributed by atoms with Crippen LogP contribution in [0.25, 0.3) is 0 Å². The van der Waals surface area contributed by atoms with Crippen LogP contribution in [0.15, 0.2) is 11.2 Å². The van der Waals surface area contributed by atoms with Gasteiger partial charge in [0.25, 0.3) is 0 Å². The predicted molar refractivity (Wildman–Crippen MR) is 74.8 cm³/mol. The van der Waals surface area contributed by atoms with Gasteiger partial charge in [0, 0.05) is 17.1 Å². The van der Waals surface area contributed by atoms with E-state index in [9.17, 15) is 5.11 Å². The third-order valence-electron chi connectivity index (χ3n) is 3.45. The Morgan fingerprint density at radius 1 is 1.28 bits per heavy atom. The summed E-state index contributed by atoms with van der Waals surface area (Å²) in [4.78, 5) is 8.76. The molecule has 0 radical (unpaired) electrons. The predicted octanol–water partition coefficient (Wildman–Crippen LogP) is 3.13. The quantitative estimate of drug-likeness (QED) is 0.657. The SMILES string of the molecule is Cc1cc(C)nc(SCC(O)CC2CCCC2)n1. The summed E-state index contributed by atoms with van der Waals surface area (Å²) in [7, 11) is 0. The molecule has 1 aromatic rings. The number of nitrogens with zero attached hydrogens (tertiary/aromatic N) is 2. The molecule has 1 atom stereocenters. The first-order valence-electron chi connectivity index (χ1n) is 6.76. The lowest BCUT2D eigenvalue weighted by molar-refractivity contribution is 0.165. The van der Waals surface area contributed by atoms with E-state index in [1.807, 2.05) is 19.9 Å². The van der Waals surface area contributed by atoms with Gasteiger partial charge in [-0.25, -0.2) is 9.97 Å². The van der Waals surface area contributed by atoms with E-state index in [2.05, 4.69) is 9.97 Å². The number of hydrogen-bond acceptors (Lipinski definition) is 4. The fourth-order valence-electron chi connectivity index (χ4n) is 2.63. The molecule has 3 nitrogen and oxygen atoms in total. The van der Waals surface area contributed by atoms with E-state index >= 15 is 0 Å². The second-order valence-corrected chi connectivity index (χ2v) is 6.27. The molecule has 18 heavy (non-hydrogen) atoms. The second kappa shape index (κ2) is 6.53. The highest BCUT2D eigenvalue weighted by Crippen LogP contribution is 2.29. The molecular weight excluding hydrogens is 244 g/mol. The van der Waals surface area contributed by atoms with Crippen molar-refractivity contribution in [2.75, 3.05) is 5.75 Å². The number of rotatable bonds is 5. The first-order valence-corrected chi connectivity index (χ1v) is 7.75. The van der Waals surface area contributed by atoms with Gasteiger partial charge in [0.15, 0.2) is 5.16 Å². The minimum Gasteiger partial charge on any atom is -0.392 e. The molecule has 0 amide bonds. The zero-order valence-electron chi connectivity index (χ0n) is 11.2. The molecule has 1 heterocycles. The van der Waals surface area contributed by atoms with Crippen molar-refractivity contribution in [3.05, 3.63) is 17.5 Å². The van der Waals surface area contributed by atoms with Gasteiger partial charge in [0.05, 0.1) is 6.10 Å². The fraction of sp³-hybridized carbons (Fsp3) is 0.714. The molecule has 1 fully saturated rings. The Morgan fingerprint density at radius 3 is 2.50 bits per heavy atom. The van der Waals surface area contributed by atoms with Gasteiger partial charge in [-0.05, 0) is 32.3 Å². The van der Waals surface area contributed by atoms with Gasteiger partial charge < -0.3 is 5.11 Å². The average Bonchev–Trinajstić information content (AvgIpc) is 2.78. The summed E-state index contributed by atoms with van der Waals surface area (Å²) >= 11 is 1.57. The standard InChI is InChI=1S/C14H22N2OS/c1-10-7-11(2)16-14(15-10)18-9-13(17)8-12-5-3-4-6-12/h7,12-13,17H,3-6,8-9H2,1-2H3. The summed E-state index contributed by atoms with van der Waals surface area (Å²) in [5.41, 5.74) is 1.99. The Hall–Kier alpha value is -0.610. The third kappa shape index (κ3) is 4.25. The zero-order valence-corrected chi connectivity index (χ0v) is 12.0. The Bertz CT molecular complexity index is 371. The first kappa shape index (κ1) is 13.8. The maximum Gasteiger partial charge on any atom is 0.188 e. The van der Waals surface area contributed by atoms with E-state index in [1.54, 1.807) is 11.8 Å². The van der Waals surface area contributed by atoms with Crippen molar-refractivity contribution in [1.29, 1.82) is 0 Å². The van der Waals surface area contributed by atoms with Crippen molar-refractivity contribution in [3.8, 4) is 0 Å². The minimum absolute atomic E-state index is 0.220. The molecular formula is C14H22N2OS. The Kier molecular flexibility index (Phi) is 5.01. The van der Waals surface area contributed by atoms with Crippen LogP contribution in [0.2, 0.25) is 0 Å². The molecule has 0 saturated heterocycles. The third-order valence-corrected chi connectivity index (χ3v) is 4.44. The highest BCUT2D eigenvalue weighted by Gasteiger charge is 2.19. The lowest BCUT2D eigenvalue weighted by Gasteiger charge is -2.14. The number of aliphatic hydroxyl groups is 1. The normalized spacial score (nSPS) is 18.2. The van der Waals surface area contributed by atoms with Crippen LogP contribution in [0.3, 0.4) is 0 Å². The Labute approximate surface area is 113 Å². The van der Waals surface area contributed by atoms with Gasteiger partial charge in [0.1, 0.15) is 0 Å². The molecule has 1 N–H and O–H groups in total. The lowest BCUT2D eigenvalue weighted by Crippen LogP contribution is -2.14. The van der Waals surface area contributed by atoms with Gasteiger partial charge in [-0.1, -0.05) is 37.4 Å². The number of hydrogen-bond donors (Lipinski definition) is 1. The van der Waals surface area contributed by atoms with Crippen molar-refractivity contribution in [2.24, 2.45) is 5.92 Å². The highest BCUT2D eigenvalue weighted by molar-refractivity contribution is 7.99. The number of thioether (sulfide) groups is 1. The van der Waals surface area contributed by atoms with Crippen LogP contribution in [0.4, 0.5) is 0 Å². The van der Waals surface area contributed by atoms with Gasteiger partial charge in [-0.15, -0.1) is 0 Å².